The van der Waals surface area contributed by atoms with Crippen molar-refractivity contribution in [3.63, 3.8) is 0 Å². The molecular weight excluding hydrogens is 276 g/mol. The lowest BCUT2D eigenvalue weighted by atomic mass is 10.1. The van der Waals surface area contributed by atoms with Crippen molar-refractivity contribution in [2.24, 2.45) is 0 Å². The standard InChI is InChI=1S/C13H14N4O4/c1-7-12(17(18)19)11(16-13(14)15-7)9-6-8(20-2)4-5-10(9)21-3/h4-6H,1-3H3,(H2,14,15,16). The van der Waals surface area contributed by atoms with Crippen molar-refractivity contribution >= 4 is 11.6 Å². The Kier molecular flexibility index (Phi) is 3.88. The smallest absolute Gasteiger partial charge is 0.316 e. The predicted octanol–water partition coefficient (Wildman–Crippen LogP) is 1.96. The molecule has 0 aliphatic heterocycles. The van der Waals surface area contributed by atoms with E-state index in [-0.39, 0.29) is 23.0 Å². The molecule has 1 heterocycles. The maximum atomic E-state index is 11.3. The topological polar surface area (TPSA) is 113 Å². The number of hydrogen-bond acceptors (Lipinski definition) is 7. The highest BCUT2D eigenvalue weighted by molar-refractivity contribution is 5.77. The molecule has 0 aliphatic rings. The van der Waals surface area contributed by atoms with Gasteiger partial charge in [-0.3, -0.25) is 10.1 Å². The molecule has 8 nitrogen and oxygen atoms in total. The number of nitrogens with zero attached hydrogens (tertiary/aromatic N) is 3. The van der Waals surface area contributed by atoms with Gasteiger partial charge in [0, 0.05) is 0 Å². The predicted molar refractivity (Wildman–Crippen MR) is 76.4 cm³/mol. The molecule has 0 radical (unpaired) electrons. The van der Waals surface area contributed by atoms with Gasteiger partial charge in [-0.2, -0.15) is 0 Å². The number of rotatable bonds is 4. The molecular formula is C13H14N4O4. The second-order valence-corrected chi connectivity index (χ2v) is 4.19. The number of benzene rings is 1. The zero-order chi connectivity index (χ0) is 15.6. The van der Waals surface area contributed by atoms with E-state index in [1.165, 1.54) is 21.1 Å². The van der Waals surface area contributed by atoms with Crippen molar-refractivity contribution in [1.29, 1.82) is 0 Å². The average Bonchev–Trinajstić information content (AvgIpc) is 2.45. The first-order valence-electron chi connectivity index (χ1n) is 5.98. The van der Waals surface area contributed by atoms with Crippen LogP contribution in [0.1, 0.15) is 5.69 Å². The molecule has 8 heteroatoms. The van der Waals surface area contributed by atoms with E-state index < -0.39 is 4.92 Å². The molecule has 0 atom stereocenters. The second kappa shape index (κ2) is 5.61. The van der Waals surface area contributed by atoms with E-state index in [2.05, 4.69) is 9.97 Å². The minimum Gasteiger partial charge on any atom is -0.497 e. The van der Waals surface area contributed by atoms with Crippen LogP contribution in [-0.2, 0) is 0 Å². The quantitative estimate of drug-likeness (QED) is 0.676. The first-order valence-corrected chi connectivity index (χ1v) is 5.98. The number of ether oxygens (including phenoxy) is 2. The Hall–Kier alpha value is -2.90. The van der Waals surface area contributed by atoms with Crippen LogP contribution >= 0.6 is 0 Å². The van der Waals surface area contributed by atoms with E-state index >= 15 is 0 Å². The van der Waals surface area contributed by atoms with Crippen LogP contribution in [0, 0.1) is 17.0 Å². The zero-order valence-electron chi connectivity index (χ0n) is 11.8. The van der Waals surface area contributed by atoms with Gasteiger partial charge in [0.25, 0.3) is 0 Å². The summed E-state index contributed by atoms with van der Waals surface area (Å²) in [7, 11) is 2.97. The molecule has 0 fully saturated rings. The summed E-state index contributed by atoms with van der Waals surface area (Å²) in [6.07, 6.45) is 0. The normalized spacial score (nSPS) is 10.2. The highest BCUT2D eigenvalue weighted by Crippen LogP contribution is 2.38. The summed E-state index contributed by atoms with van der Waals surface area (Å²) in [5, 5.41) is 11.3. The first-order chi connectivity index (χ1) is 9.97. The summed E-state index contributed by atoms with van der Waals surface area (Å²) in [5.74, 6) is 0.907. The SMILES string of the molecule is COc1ccc(OC)c(-c2nc(N)nc(C)c2[N+](=O)[O-])c1. The van der Waals surface area contributed by atoms with Gasteiger partial charge in [0.15, 0.2) is 5.69 Å². The highest BCUT2D eigenvalue weighted by Gasteiger charge is 2.25. The summed E-state index contributed by atoms with van der Waals surface area (Å²) in [6, 6.07) is 4.93. The number of nitrogen functional groups attached to an aromatic ring is 1. The molecule has 2 rings (SSSR count). The van der Waals surface area contributed by atoms with Gasteiger partial charge in [0.2, 0.25) is 5.95 Å². The Morgan fingerprint density at radius 3 is 2.52 bits per heavy atom. The molecule has 0 aliphatic carbocycles. The van der Waals surface area contributed by atoms with Crippen LogP contribution in [0.4, 0.5) is 11.6 Å². The van der Waals surface area contributed by atoms with E-state index in [1.54, 1.807) is 18.2 Å². The van der Waals surface area contributed by atoms with Gasteiger partial charge in [0.1, 0.15) is 17.2 Å². The molecule has 0 amide bonds. The second-order valence-electron chi connectivity index (χ2n) is 4.19. The summed E-state index contributed by atoms with van der Waals surface area (Å²) >= 11 is 0. The first kappa shape index (κ1) is 14.5. The van der Waals surface area contributed by atoms with Crippen molar-refractivity contribution in [1.82, 2.24) is 9.97 Å². The van der Waals surface area contributed by atoms with E-state index in [9.17, 15) is 10.1 Å². The van der Waals surface area contributed by atoms with Crippen molar-refractivity contribution in [2.75, 3.05) is 20.0 Å². The molecule has 21 heavy (non-hydrogen) atoms. The molecule has 0 saturated heterocycles. The molecule has 110 valence electrons. The molecule has 2 N–H and O–H groups in total. The lowest BCUT2D eigenvalue weighted by Gasteiger charge is -2.11. The van der Waals surface area contributed by atoms with E-state index in [1.807, 2.05) is 0 Å². The van der Waals surface area contributed by atoms with Gasteiger partial charge in [0.05, 0.1) is 24.7 Å². The van der Waals surface area contributed by atoms with Gasteiger partial charge in [-0.25, -0.2) is 9.97 Å². The minimum atomic E-state index is -0.539. The van der Waals surface area contributed by atoms with Crippen LogP contribution in [0.5, 0.6) is 11.5 Å². The van der Waals surface area contributed by atoms with Gasteiger partial charge in [-0.15, -0.1) is 0 Å². The molecule has 0 saturated carbocycles. The fourth-order valence-electron chi connectivity index (χ4n) is 1.99. The van der Waals surface area contributed by atoms with Crippen LogP contribution in [0.25, 0.3) is 11.3 Å². The van der Waals surface area contributed by atoms with Gasteiger partial charge < -0.3 is 15.2 Å². The summed E-state index contributed by atoms with van der Waals surface area (Å²) in [4.78, 5) is 18.6. The maximum Gasteiger partial charge on any atom is 0.316 e. The zero-order valence-corrected chi connectivity index (χ0v) is 11.8. The van der Waals surface area contributed by atoms with Crippen LogP contribution < -0.4 is 15.2 Å². The van der Waals surface area contributed by atoms with Crippen LogP contribution in [0.15, 0.2) is 18.2 Å². The van der Waals surface area contributed by atoms with Gasteiger partial charge in [-0.05, 0) is 25.1 Å². The Labute approximate surface area is 120 Å². The monoisotopic (exact) mass is 290 g/mol. The molecule has 1 aromatic heterocycles. The Bertz CT molecular complexity index is 703. The van der Waals surface area contributed by atoms with E-state index in [0.717, 1.165) is 0 Å². The number of anilines is 1. The number of aryl methyl sites for hydroxylation is 1. The van der Waals surface area contributed by atoms with Crippen molar-refractivity contribution in [2.45, 2.75) is 6.92 Å². The Morgan fingerprint density at radius 1 is 1.24 bits per heavy atom. The molecule has 0 unspecified atom stereocenters. The lowest BCUT2D eigenvalue weighted by molar-refractivity contribution is -0.385. The third-order valence-corrected chi connectivity index (χ3v) is 2.92. The van der Waals surface area contributed by atoms with E-state index in [4.69, 9.17) is 15.2 Å². The molecule has 2 aromatic rings. The third-order valence-electron chi connectivity index (χ3n) is 2.92. The van der Waals surface area contributed by atoms with Crippen LogP contribution in [-0.4, -0.2) is 29.1 Å². The van der Waals surface area contributed by atoms with Crippen LogP contribution in [0.2, 0.25) is 0 Å². The van der Waals surface area contributed by atoms with E-state index in [0.29, 0.717) is 17.1 Å². The number of nitrogens with two attached hydrogens (primary N) is 1. The Balaban J connectivity index is 2.79. The summed E-state index contributed by atoms with van der Waals surface area (Å²) in [5.41, 5.74) is 6.10. The number of nitro groups is 1. The highest BCUT2D eigenvalue weighted by atomic mass is 16.6. The number of hydrogen-bond donors (Lipinski definition) is 1. The lowest BCUT2D eigenvalue weighted by Crippen LogP contribution is -2.05. The summed E-state index contributed by atoms with van der Waals surface area (Å²) < 4.78 is 10.4. The summed E-state index contributed by atoms with van der Waals surface area (Å²) in [6.45, 7) is 1.51. The van der Waals surface area contributed by atoms with Crippen molar-refractivity contribution in [3.8, 4) is 22.8 Å². The van der Waals surface area contributed by atoms with Gasteiger partial charge >= 0.3 is 5.69 Å². The Morgan fingerprint density at radius 2 is 1.95 bits per heavy atom. The van der Waals surface area contributed by atoms with Crippen LogP contribution in [0.3, 0.4) is 0 Å². The minimum absolute atomic E-state index is 0.0435. The van der Waals surface area contributed by atoms with Crippen molar-refractivity contribution < 1.29 is 14.4 Å². The largest absolute Gasteiger partial charge is 0.497 e. The van der Waals surface area contributed by atoms with Crippen molar-refractivity contribution in [3.05, 3.63) is 34.0 Å². The molecule has 1 aromatic carbocycles. The van der Waals surface area contributed by atoms with Gasteiger partial charge in [-0.1, -0.05) is 0 Å². The fraction of sp³-hybridized carbons (Fsp3) is 0.231. The third kappa shape index (κ3) is 2.69. The number of aromatic nitrogens is 2. The maximum absolute atomic E-state index is 11.3. The molecule has 0 spiro atoms. The fourth-order valence-corrected chi connectivity index (χ4v) is 1.99. The number of methoxy groups -OCH3 is 2. The molecule has 0 bridgehead atoms. The average molecular weight is 290 g/mol.